The quantitative estimate of drug-likeness (QED) is 0.298. The zero-order chi connectivity index (χ0) is 18.8. The summed E-state index contributed by atoms with van der Waals surface area (Å²) in [4.78, 5) is 35.1. The van der Waals surface area contributed by atoms with E-state index in [0.29, 0.717) is 12.8 Å². The van der Waals surface area contributed by atoms with E-state index in [4.69, 9.17) is 26.2 Å². The minimum atomic E-state index is -1.19. The van der Waals surface area contributed by atoms with E-state index in [-0.39, 0.29) is 35.1 Å². The molecule has 0 aliphatic rings. The van der Waals surface area contributed by atoms with Crippen molar-refractivity contribution in [3.05, 3.63) is 40.6 Å². The molecule has 1 aromatic rings. The zero-order valence-electron chi connectivity index (χ0n) is 14.0. The van der Waals surface area contributed by atoms with Crippen LogP contribution in [-0.4, -0.2) is 36.2 Å². The summed E-state index contributed by atoms with van der Waals surface area (Å²) in [5.74, 6) is -2.86. The summed E-state index contributed by atoms with van der Waals surface area (Å²) in [6.45, 7) is 3.96. The minimum Gasteiger partial charge on any atom is -0.478 e. The largest absolute Gasteiger partial charge is 0.478 e. The van der Waals surface area contributed by atoms with Crippen LogP contribution >= 0.6 is 11.6 Å². The number of rotatable bonds is 9. The first kappa shape index (κ1) is 20.5. The first-order valence-corrected chi connectivity index (χ1v) is 8.12. The van der Waals surface area contributed by atoms with Crippen LogP contribution in [0.1, 0.15) is 37.0 Å². The molecule has 0 unspecified atom stereocenters. The average molecular weight is 370 g/mol. The molecule has 1 rings (SSSR count). The Balaban J connectivity index is 3.05. The van der Waals surface area contributed by atoms with E-state index in [0.717, 1.165) is 6.20 Å². The molecule has 0 heterocycles. The third-order valence-corrected chi connectivity index (χ3v) is 3.32. The molecule has 0 aliphatic carbocycles. The first-order chi connectivity index (χ1) is 11.9. The molecule has 0 saturated carbocycles. The fourth-order valence-electron chi connectivity index (χ4n) is 1.70. The van der Waals surface area contributed by atoms with Gasteiger partial charge in [0.25, 0.3) is 0 Å². The Labute approximate surface area is 150 Å². The number of halogens is 1. The minimum absolute atomic E-state index is 0.0468. The molecule has 136 valence electrons. The highest BCUT2D eigenvalue weighted by atomic mass is 35.5. The molecule has 7 nitrogen and oxygen atoms in total. The topological polar surface area (TPSA) is 102 Å². The van der Waals surface area contributed by atoms with Gasteiger partial charge in [-0.25, -0.2) is 14.4 Å². The maximum absolute atomic E-state index is 12.0. The Morgan fingerprint density at radius 3 is 2.16 bits per heavy atom. The first-order valence-electron chi connectivity index (χ1n) is 7.75. The number of benzene rings is 1. The predicted octanol–water partition coefficient (Wildman–Crippen LogP) is 3.24. The van der Waals surface area contributed by atoms with Crippen molar-refractivity contribution in [2.75, 3.05) is 18.5 Å². The van der Waals surface area contributed by atoms with Crippen LogP contribution in [-0.2, 0) is 19.1 Å². The van der Waals surface area contributed by atoms with Crippen LogP contribution in [0.2, 0.25) is 5.02 Å². The van der Waals surface area contributed by atoms with E-state index in [1.54, 1.807) is 0 Å². The molecule has 0 bridgehead atoms. The lowest BCUT2D eigenvalue weighted by Gasteiger charge is -2.10. The molecule has 25 heavy (non-hydrogen) atoms. The number of carbonyl (C=O) groups is 3. The Morgan fingerprint density at radius 2 is 1.68 bits per heavy atom. The second kappa shape index (κ2) is 10.4. The highest BCUT2D eigenvalue weighted by Gasteiger charge is 2.22. The van der Waals surface area contributed by atoms with Crippen LogP contribution in [0.4, 0.5) is 5.69 Å². The van der Waals surface area contributed by atoms with Gasteiger partial charge in [-0.05, 0) is 25.0 Å². The maximum Gasteiger partial charge on any atom is 0.347 e. The van der Waals surface area contributed by atoms with Gasteiger partial charge in [-0.15, -0.1) is 0 Å². The number of carbonyl (C=O) groups excluding carboxylic acids is 2. The molecule has 0 aromatic heterocycles. The number of esters is 2. The van der Waals surface area contributed by atoms with Gasteiger partial charge < -0.3 is 19.9 Å². The maximum atomic E-state index is 12.0. The SMILES string of the molecule is CCCOC(=O)C(=CNc1cccc(C(=O)O)c1Cl)C(=O)OCCC. The summed E-state index contributed by atoms with van der Waals surface area (Å²) < 4.78 is 9.92. The third kappa shape index (κ3) is 6.11. The van der Waals surface area contributed by atoms with Crippen molar-refractivity contribution in [2.24, 2.45) is 0 Å². The average Bonchev–Trinajstić information content (AvgIpc) is 2.59. The Kier molecular flexibility index (Phi) is 8.49. The van der Waals surface area contributed by atoms with E-state index >= 15 is 0 Å². The smallest absolute Gasteiger partial charge is 0.347 e. The molecule has 8 heteroatoms. The lowest BCUT2D eigenvalue weighted by atomic mass is 10.2. The molecule has 0 amide bonds. The Hall–Kier alpha value is -2.54. The van der Waals surface area contributed by atoms with Gasteiger partial charge in [-0.1, -0.05) is 31.5 Å². The lowest BCUT2D eigenvalue weighted by Crippen LogP contribution is -2.20. The fraction of sp³-hybridized carbons (Fsp3) is 0.353. The highest BCUT2D eigenvalue weighted by Crippen LogP contribution is 2.26. The summed E-state index contributed by atoms with van der Waals surface area (Å²) in [7, 11) is 0. The third-order valence-electron chi connectivity index (χ3n) is 2.92. The van der Waals surface area contributed by atoms with Crippen molar-refractivity contribution in [3.8, 4) is 0 Å². The second-order valence-electron chi connectivity index (χ2n) is 4.95. The Bertz CT molecular complexity index is 649. The summed E-state index contributed by atoms with van der Waals surface area (Å²) in [5.41, 5.74) is -0.215. The fourth-order valence-corrected chi connectivity index (χ4v) is 1.97. The van der Waals surface area contributed by atoms with Crippen LogP contribution < -0.4 is 5.32 Å². The van der Waals surface area contributed by atoms with Crippen LogP contribution in [0.5, 0.6) is 0 Å². The van der Waals surface area contributed by atoms with Crippen molar-refractivity contribution in [3.63, 3.8) is 0 Å². The van der Waals surface area contributed by atoms with Crippen LogP contribution in [0.3, 0.4) is 0 Å². The molecule has 2 N–H and O–H groups in total. The number of nitrogens with one attached hydrogen (secondary N) is 1. The number of carboxylic acids is 1. The lowest BCUT2D eigenvalue weighted by molar-refractivity contribution is -0.147. The monoisotopic (exact) mass is 369 g/mol. The van der Waals surface area contributed by atoms with Gasteiger partial charge in [0.15, 0.2) is 5.57 Å². The predicted molar refractivity (Wildman–Crippen MR) is 92.6 cm³/mol. The molecule has 0 fully saturated rings. The molecule has 0 radical (unpaired) electrons. The summed E-state index contributed by atoms with van der Waals surface area (Å²) in [5, 5.41) is 11.7. The number of ether oxygens (including phenoxy) is 2. The van der Waals surface area contributed by atoms with Gasteiger partial charge in [0, 0.05) is 6.20 Å². The standard InChI is InChI=1S/C17H20ClNO6/c1-3-8-24-16(22)12(17(23)25-9-4-2)10-19-13-7-5-6-11(14(13)18)15(20)21/h5-7,10,19H,3-4,8-9H2,1-2H3,(H,20,21). The second-order valence-corrected chi connectivity index (χ2v) is 5.32. The van der Waals surface area contributed by atoms with Crippen LogP contribution in [0, 0.1) is 0 Å². The number of anilines is 1. The molecular weight excluding hydrogens is 350 g/mol. The van der Waals surface area contributed by atoms with Gasteiger partial charge in [0.1, 0.15) is 0 Å². The van der Waals surface area contributed by atoms with E-state index < -0.39 is 17.9 Å². The zero-order valence-corrected chi connectivity index (χ0v) is 14.8. The van der Waals surface area contributed by atoms with Crippen molar-refractivity contribution in [2.45, 2.75) is 26.7 Å². The number of aromatic carboxylic acids is 1. The van der Waals surface area contributed by atoms with Gasteiger partial charge >= 0.3 is 17.9 Å². The van der Waals surface area contributed by atoms with Gasteiger partial charge in [0.2, 0.25) is 0 Å². The molecule has 0 atom stereocenters. The number of hydrogen-bond donors (Lipinski definition) is 2. The molecule has 0 aliphatic heterocycles. The molecule has 0 spiro atoms. The Morgan fingerprint density at radius 1 is 1.12 bits per heavy atom. The van der Waals surface area contributed by atoms with Crippen molar-refractivity contribution < 1.29 is 29.0 Å². The van der Waals surface area contributed by atoms with Crippen molar-refractivity contribution >= 4 is 35.2 Å². The van der Waals surface area contributed by atoms with Gasteiger partial charge in [-0.2, -0.15) is 0 Å². The van der Waals surface area contributed by atoms with Crippen molar-refractivity contribution in [1.82, 2.24) is 0 Å². The van der Waals surface area contributed by atoms with Crippen LogP contribution in [0.15, 0.2) is 30.0 Å². The van der Waals surface area contributed by atoms with Gasteiger partial charge in [0.05, 0.1) is 29.5 Å². The van der Waals surface area contributed by atoms with E-state index in [2.05, 4.69) is 5.32 Å². The van der Waals surface area contributed by atoms with E-state index in [9.17, 15) is 14.4 Å². The van der Waals surface area contributed by atoms with Crippen LogP contribution in [0.25, 0.3) is 0 Å². The molecule has 1 aromatic carbocycles. The highest BCUT2D eigenvalue weighted by molar-refractivity contribution is 6.36. The summed E-state index contributed by atoms with van der Waals surface area (Å²) in [6, 6.07) is 4.33. The van der Waals surface area contributed by atoms with Crippen molar-refractivity contribution in [1.29, 1.82) is 0 Å². The van der Waals surface area contributed by atoms with E-state index in [1.807, 2.05) is 13.8 Å². The normalized spacial score (nSPS) is 9.88. The summed E-state index contributed by atoms with van der Waals surface area (Å²) >= 11 is 6.01. The molecular formula is C17H20ClNO6. The number of hydrogen-bond acceptors (Lipinski definition) is 6. The van der Waals surface area contributed by atoms with Gasteiger partial charge in [-0.3, -0.25) is 0 Å². The summed E-state index contributed by atoms with van der Waals surface area (Å²) in [6.07, 6.45) is 2.30. The number of carboxylic acid groups (broad SMARTS) is 1. The van der Waals surface area contributed by atoms with E-state index in [1.165, 1.54) is 18.2 Å². The molecule has 0 saturated heterocycles.